The number of anilines is 2. The highest BCUT2D eigenvalue weighted by atomic mass is 16.7. The summed E-state index contributed by atoms with van der Waals surface area (Å²) >= 11 is 0. The lowest BCUT2D eigenvalue weighted by atomic mass is 10.0. The first-order valence-electron chi connectivity index (χ1n) is 9.64. The minimum absolute atomic E-state index is 0.0585. The zero-order valence-corrected chi connectivity index (χ0v) is 16.3. The van der Waals surface area contributed by atoms with Gasteiger partial charge in [-0.25, -0.2) is 0 Å². The van der Waals surface area contributed by atoms with Gasteiger partial charge in [0.1, 0.15) is 11.3 Å². The smallest absolute Gasteiger partial charge is 0.293 e. The van der Waals surface area contributed by atoms with Crippen LogP contribution in [0, 0.1) is 5.92 Å². The minimum Gasteiger partial charge on any atom is -0.454 e. The van der Waals surface area contributed by atoms with E-state index in [9.17, 15) is 9.59 Å². The van der Waals surface area contributed by atoms with Gasteiger partial charge >= 0.3 is 0 Å². The Morgan fingerprint density at radius 3 is 2.55 bits per heavy atom. The van der Waals surface area contributed by atoms with Gasteiger partial charge in [-0.15, -0.1) is 0 Å². The predicted octanol–water partition coefficient (Wildman–Crippen LogP) is 4.79. The molecule has 0 atom stereocenters. The lowest BCUT2D eigenvalue weighted by molar-refractivity contribution is -0.120. The maximum atomic E-state index is 13.0. The molecule has 4 rings (SSSR count). The number of para-hydroxylation sites is 1. The summed E-state index contributed by atoms with van der Waals surface area (Å²) < 4.78 is 16.4. The molecular weight excluding hydrogens is 372 g/mol. The monoisotopic (exact) mass is 394 g/mol. The first kappa shape index (κ1) is 18.9. The number of carbonyl (C=O) groups is 2. The van der Waals surface area contributed by atoms with Gasteiger partial charge in [-0.05, 0) is 37.1 Å². The van der Waals surface area contributed by atoms with Gasteiger partial charge in [0.25, 0.3) is 5.91 Å². The third-order valence-electron chi connectivity index (χ3n) is 5.04. The fraction of sp³-hybridized carbons (Fsp3) is 0.273. The molecule has 3 aromatic rings. The molecule has 0 radical (unpaired) electrons. The van der Waals surface area contributed by atoms with Crippen LogP contribution in [0.25, 0.3) is 11.0 Å². The van der Waals surface area contributed by atoms with Crippen molar-refractivity contribution < 1.29 is 23.5 Å². The Hall–Kier alpha value is -3.48. The van der Waals surface area contributed by atoms with E-state index in [2.05, 4.69) is 10.6 Å². The Balaban J connectivity index is 1.65. The van der Waals surface area contributed by atoms with E-state index in [1.807, 2.05) is 32.0 Å². The Morgan fingerprint density at radius 1 is 1.00 bits per heavy atom. The molecule has 0 saturated carbocycles. The Bertz CT molecular complexity index is 1070. The van der Waals surface area contributed by atoms with Gasteiger partial charge in [0.2, 0.25) is 18.5 Å². The predicted molar refractivity (Wildman–Crippen MR) is 109 cm³/mol. The third-order valence-corrected chi connectivity index (χ3v) is 5.04. The van der Waals surface area contributed by atoms with Crippen LogP contribution in [0.1, 0.15) is 37.2 Å². The van der Waals surface area contributed by atoms with Crippen molar-refractivity contribution in [1.82, 2.24) is 0 Å². The molecular formula is C22H22N2O5. The van der Waals surface area contributed by atoms with E-state index in [-0.39, 0.29) is 24.4 Å². The fourth-order valence-corrected chi connectivity index (χ4v) is 3.38. The maximum Gasteiger partial charge on any atom is 0.293 e. The molecule has 1 aromatic heterocycles. The average molecular weight is 394 g/mol. The summed E-state index contributed by atoms with van der Waals surface area (Å²) in [5.41, 5.74) is 1.45. The van der Waals surface area contributed by atoms with Crippen molar-refractivity contribution in [1.29, 1.82) is 0 Å². The van der Waals surface area contributed by atoms with E-state index in [0.29, 0.717) is 33.8 Å². The SMILES string of the molecule is CCC(CC)C(=O)Nc1c(C(=O)Nc2ccc3c(c2)OCO3)oc2ccccc12. The number of fused-ring (bicyclic) bond motifs is 2. The topological polar surface area (TPSA) is 89.8 Å². The van der Waals surface area contributed by atoms with Crippen LogP contribution < -0.4 is 20.1 Å². The van der Waals surface area contributed by atoms with Gasteiger partial charge in [0.15, 0.2) is 11.5 Å². The van der Waals surface area contributed by atoms with Crippen LogP contribution in [0.3, 0.4) is 0 Å². The second kappa shape index (κ2) is 7.87. The number of amides is 2. The molecule has 0 aliphatic carbocycles. The molecule has 0 saturated heterocycles. The van der Waals surface area contributed by atoms with E-state index < -0.39 is 5.91 Å². The summed E-state index contributed by atoms with van der Waals surface area (Å²) in [7, 11) is 0. The molecule has 150 valence electrons. The van der Waals surface area contributed by atoms with Crippen molar-refractivity contribution >= 4 is 34.2 Å². The number of benzene rings is 2. The lowest BCUT2D eigenvalue weighted by Gasteiger charge is -2.13. The average Bonchev–Trinajstić information content (AvgIpc) is 3.33. The summed E-state index contributed by atoms with van der Waals surface area (Å²) in [6.07, 6.45) is 1.44. The van der Waals surface area contributed by atoms with E-state index in [1.54, 1.807) is 24.3 Å². The second-order valence-electron chi connectivity index (χ2n) is 6.83. The van der Waals surface area contributed by atoms with Crippen molar-refractivity contribution in [3.8, 4) is 11.5 Å². The molecule has 0 fully saturated rings. The number of furan rings is 1. The van der Waals surface area contributed by atoms with Crippen LogP contribution in [-0.4, -0.2) is 18.6 Å². The van der Waals surface area contributed by atoms with E-state index in [4.69, 9.17) is 13.9 Å². The Labute approximate surface area is 168 Å². The summed E-state index contributed by atoms with van der Waals surface area (Å²) in [6, 6.07) is 12.4. The van der Waals surface area contributed by atoms with Crippen molar-refractivity contribution in [2.24, 2.45) is 5.92 Å². The number of rotatable bonds is 6. The second-order valence-corrected chi connectivity index (χ2v) is 6.83. The molecule has 2 amide bonds. The number of hydrogen-bond acceptors (Lipinski definition) is 5. The van der Waals surface area contributed by atoms with Crippen LogP contribution in [0.4, 0.5) is 11.4 Å². The summed E-state index contributed by atoms with van der Waals surface area (Å²) in [4.78, 5) is 25.6. The third kappa shape index (κ3) is 3.63. The van der Waals surface area contributed by atoms with Crippen molar-refractivity contribution in [2.75, 3.05) is 17.4 Å². The molecule has 2 aromatic carbocycles. The minimum atomic E-state index is -0.458. The fourth-order valence-electron chi connectivity index (χ4n) is 3.38. The number of carbonyl (C=O) groups excluding carboxylic acids is 2. The molecule has 0 bridgehead atoms. The maximum absolute atomic E-state index is 13.0. The van der Waals surface area contributed by atoms with E-state index in [1.165, 1.54) is 0 Å². The van der Waals surface area contributed by atoms with Gasteiger partial charge in [0.05, 0.1) is 0 Å². The molecule has 1 aliphatic rings. The highest BCUT2D eigenvalue weighted by Gasteiger charge is 2.25. The normalized spacial score (nSPS) is 12.4. The van der Waals surface area contributed by atoms with Gasteiger partial charge < -0.3 is 24.5 Å². The molecule has 2 N–H and O–H groups in total. The molecule has 2 heterocycles. The first-order valence-corrected chi connectivity index (χ1v) is 9.64. The van der Waals surface area contributed by atoms with Gasteiger partial charge in [-0.1, -0.05) is 26.0 Å². The number of hydrogen-bond donors (Lipinski definition) is 2. The zero-order valence-electron chi connectivity index (χ0n) is 16.3. The van der Waals surface area contributed by atoms with Gasteiger partial charge in [0, 0.05) is 23.1 Å². The molecule has 7 heteroatoms. The Morgan fingerprint density at radius 2 is 1.76 bits per heavy atom. The summed E-state index contributed by atoms with van der Waals surface area (Å²) in [5.74, 6) is 0.537. The highest BCUT2D eigenvalue weighted by molar-refractivity contribution is 6.14. The highest BCUT2D eigenvalue weighted by Crippen LogP contribution is 2.35. The molecule has 1 aliphatic heterocycles. The molecule has 7 nitrogen and oxygen atoms in total. The van der Waals surface area contributed by atoms with Gasteiger partial charge in [-0.3, -0.25) is 9.59 Å². The van der Waals surface area contributed by atoms with E-state index in [0.717, 1.165) is 12.8 Å². The molecule has 0 spiro atoms. The van der Waals surface area contributed by atoms with Crippen LogP contribution in [0.2, 0.25) is 0 Å². The summed E-state index contributed by atoms with van der Waals surface area (Å²) in [5, 5.41) is 6.39. The molecule has 0 unspecified atom stereocenters. The standard InChI is InChI=1S/C22H22N2O5/c1-3-13(4-2)21(25)24-19-15-7-5-6-8-16(15)29-20(19)22(26)23-14-9-10-17-18(11-14)28-12-27-17/h5-11,13H,3-4,12H2,1-2H3,(H,23,26)(H,24,25). The molecule has 29 heavy (non-hydrogen) atoms. The van der Waals surface area contributed by atoms with Gasteiger partial charge in [-0.2, -0.15) is 0 Å². The quantitative estimate of drug-likeness (QED) is 0.627. The summed E-state index contributed by atoms with van der Waals surface area (Å²) in [6.45, 7) is 4.09. The van der Waals surface area contributed by atoms with Crippen molar-refractivity contribution in [3.05, 3.63) is 48.2 Å². The van der Waals surface area contributed by atoms with Crippen LogP contribution >= 0.6 is 0 Å². The van der Waals surface area contributed by atoms with Crippen molar-refractivity contribution in [2.45, 2.75) is 26.7 Å². The number of nitrogens with one attached hydrogen (secondary N) is 2. The lowest BCUT2D eigenvalue weighted by Crippen LogP contribution is -2.23. The largest absolute Gasteiger partial charge is 0.454 e. The van der Waals surface area contributed by atoms with Crippen LogP contribution in [0.5, 0.6) is 11.5 Å². The van der Waals surface area contributed by atoms with Crippen molar-refractivity contribution in [3.63, 3.8) is 0 Å². The first-order chi connectivity index (χ1) is 14.1. The zero-order chi connectivity index (χ0) is 20.4. The Kier molecular flexibility index (Phi) is 5.12. The number of ether oxygens (including phenoxy) is 2. The van der Waals surface area contributed by atoms with Crippen LogP contribution in [-0.2, 0) is 4.79 Å². The van der Waals surface area contributed by atoms with Crippen LogP contribution in [0.15, 0.2) is 46.9 Å². The van der Waals surface area contributed by atoms with E-state index >= 15 is 0 Å².